The summed E-state index contributed by atoms with van der Waals surface area (Å²) in [5.41, 5.74) is 0.862. The van der Waals surface area contributed by atoms with E-state index in [1.807, 2.05) is 0 Å². The molecule has 17 heavy (non-hydrogen) atoms. The summed E-state index contributed by atoms with van der Waals surface area (Å²) in [6, 6.07) is 0. The monoisotopic (exact) mass is 234 g/mol. The van der Waals surface area contributed by atoms with Crippen LogP contribution in [0.3, 0.4) is 0 Å². The molecule has 0 saturated heterocycles. The highest BCUT2D eigenvalue weighted by Crippen LogP contribution is 2.38. The molecule has 3 heteroatoms. The molecule has 1 aromatic heterocycles. The fraction of sp³-hybridized carbons (Fsp3) is 0.714. The van der Waals surface area contributed by atoms with Crippen LogP contribution in [-0.4, -0.2) is 15.1 Å². The van der Waals surface area contributed by atoms with Crippen molar-refractivity contribution in [2.45, 2.75) is 45.6 Å². The molecule has 1 N–H and O–H groups in total. The second kappa shape index (κ2) is 5.58. The van der Waals surface area contributed by atoms with Gasteiger partial charge in [-0.15, -0.1) is 0 Å². The molecule has 1 atom stereocenters. The molecule has 0 bridgehead atoms. The maximum atomic E-state index is 10.3. The lowest BCUT2D eigenvalue weighted by molar-refractivity contribution is 0.0663. The molecule has 0 amide bonds. The predicted molar refractivity (Wildman–Crippen MR) is 67.3 cm³/mol. The summed E-state index contributed by atoms with van der Waals surface area (Å²) < 4.78 is 0. The largest absolute Gasteiger partial charge is 0.388 e. The molecule has 0 aromatic carbocycles. The van der Waals surface area contributed by atoms with E-state index in [0.29, 0.717) is 5.92 Å². The highest BCUT2D eigenvalue weighted by Gasteiger charge is 2.28. The Labute approximate surface area is 103 Å². The molecule has 1 unspecified atom stereocenters. The van der Waals surface area contributed by atoms with Gasteiger partial charge in [0.25, 0.3) is 0 Å². The van der Waals surface area contributed by atoms with Crippen molar-refractivity contribution in [2.75, 3.05) is 0 Å². The van der Waals surface area contributed by atoms with Crippen LogP contribution in [0.2, 0.25) is 0 Å². The van der Waals surface area contributed by atoms with E-state index in [2.05, 4.69) is 23.8 Å². The summed E-state index contributed by atoms with van der Waals surface area (Å²) >= 11 is 0. The summed E-state index contributed by atoms with van der Waals surface area (Å²) in [7, 11) is 0. The number of hydrogen-bond donors (Lipinski definition) is 1. The molecular weight excluding hydrogens is 212 g/mol. The maximum Gasteiger partial charge on any atom is 0.115 e. The Morgan fingerprint density at radius 1 is 1.06 bits per heavy atom. The van der Waals surface area contributed by atoms with Crippen LogP contribution in [0.25, 0.3) is 0 Å². The standard InChI is InChI=1S/C14H22N2O/c1-10(2)11-3-5-12(6-4-11)14(17)13-7-15-9-16-8-13/h7-12,14,17H,3-6H2,1-2H3. The maximum absolute atomic E-state index is 10.3. The van der Waals surface area contributed by atoms with Crippen molar-refractivity contribution in [2.24, 2.45) is 17.8 Å². The number of aliphatic hydroxyl groups is 1. The minimum absolute atomic E-state index is 0.385. The van der Waals surface area contributed by atoms with Gasteiger partial charge in [0.1, 0.15) is 6.33 Å². The van der Waals surface area contributed by atoms with Crippen LogP contribution < -0.4 is 0 Å². The lowest BCUT2D eigenvalue weighted by Crippen LogP contribution is -2.23. The molecule has 1 fully saturated rings. The number of aromatic nitrogens is 2. The average Bonchev–Trinajstić information content (AvgIpc) is 2.39. The molecule has 1 aliphatic carbocycles. The first kappa shape index (κ1) is 12.5. The Balaban J connectivity index is 1.93. The first-order valence-electron chi connectivity index (χ1n) is 6.61. The summed E-state index contributed by atoms with van der Waals surface area (Å²) in [6.07, 6.45) is 9.31. The van der Waals surface area contributed by atoms with Crippen LogP contribution in [0, 0.1) is 17.8 Å². The van der Waals surface area contributed by atoms with E-state index >= 15 is 0 Å². The van der Waals surface area contributed by atoms with Crippen LogP contribution in [0.4, 0.5) is 0 Å². The third-order valence-electron chi connectivity index (χ3n) is 4.13. The molecule has 0 radical (unpaired) electrons. The van der Waals surface area contributed by atoms with Gasteiger partial charge in [0.15, 0.2) is 0 Å². The van der Waals surface area contributed by atoms with Crippen molar-refractivity contribution < 1.29 is 5.11 Å². The van der Waals surface area contributed by atoms with Gasteiger partial charge < -0.3 is 5.11 Å². The lowest BCUT2D eigenvalue weighted by Gasteiger charge is -2.33. The third-order valence-corrected chi connectivity index (χ3v) is 4.13. The molecule has 1 saturated carbocycles. The smallest absolute Gasteiger partial charge is 0.115 e. The normalized spacial score (nSPS) is 27.1. The van der Waals surface area contributed by atoms with Crippen molar-refractivity contribution in [1.29, 1.82) is 0 Å². The van der Waals surface area contributed by atoms with Gasteiger partial charge in [-0.05, 0) is 43.4 Å². The molecule has 1 aromatic rings. The number of rotatable bonds is 3. The van der Waals surface area contributed by atoms with Crippen molar-refractivity contribution >= 4 is 0 Å². The summed E-state index contributed by atoms with van der Waals surface area (Å²) in [6.45, 7) is 4.60. The Kier molecular flexibility index (Phi) is 4.11. The Hall–Kier alpha value is -0.960. The topological polar surface area (TPSA) is 46.0 Å². The number of hydrogen-bond acceptors (Lipinski definition) is 3. The van der Waals surface area contributed by atoms with Crippen LogP contribution in [-0.2, 0) is 0 Å². The Morgan fingerprint density at radius 2 is 1.59 bits per heavy atom. The zero-order valence-electron chi connectivity index (χ0n) is 10.7. The van der Waals surface area contributed by atoms with Gasteiger partial charge in [0.05, 0.1) is 6.10 Å². The average molecular weight is 234 g/mol. The Morgan fingerprint density at radius 3 is 2.12 bits per heavy atom. The van der Waals surface area contributed by atoms with E-state index in [1.54, 1.807) is 12.4 Å². The fourth-order valence-electron chi connectivity index (χ4n) is 2.86. The van der Waals surface area contributed by atoms with E-state index in [-0.39, 0.29) is 6.10 Å². The van der Waals surface area contributed by atoms with Gasteiger partial charge in [-0.2, -0.15) is 0 Å². The van der Waals surface area contributed by atoms with Crippen LogP contribution in [0.1, 0.15) is 51.2 Å². The second-order valence-corrected chi connectivity index (χ2v) is 5.54. The summed E-state index contributed by atoms with van der Waals surface area (Å²) in [5.74, 6) is 2.00. The number of nitrogens with zero attached hydrogens (tertiary/aromatic N) is 2. The zero-order chi connectivity index (χ0) is 12.3. The lowest BCUT2D eigenvalue weighted by atomic mass is 9.74. The minimum atomic E-state index is -0.385. The van der Waals surface area contributed by atoms with Crippen molar-refractivity contribution in [1.82, 2.24) is 9.97 Å². The first-order valence-corrected chi connectivity index (χ1v) is 6.61. The molecule has 94 valence electrons. The van der Waals surface area contributed by atoms with E-state index in [4.69, 9.17) is 0 Å². The molecule has 3 nitrogen and oxygen atoms in total. The van der Waals surface area contributed by atoms with Gasteiger partial charge in [-0.25, -0.2) is 9.97 Å². The first-order chi connectivity index (χ1) is 8.18. The van der Waals surface area contributed by atoms with E-state index in [1.165, 1.54) is 19.2 Å². The molecule has 1 heterocycles. The van der Waals surface area contributed by atoms with Gasteiger partial charge in [0, 0.05) is 18.0 Å². The fourth-order valence-corrected chi connectivity index (χ4v) is 2.86. The molecule has 0 spiro atoms. The third kappa shape index (κ3) is 3.03. The number of aliphatic hydroxyl groups excluding tert-OH is 1. The van der Waals surface area contributed by atoms with Gasteiger partial charge in [-0.1, -0.05) is 13.8 Å². The zero-order valence-corrected chi connectivity index (χ0v) is 10.7. The van der Waals surface area contributed by atoms with Gasteiger partial charge in [0.2, 0.25) is 0 Å². The predicted octanol–water partition coefficient (Wildman–Crippen LogP) is 2.97. The van der Waals surface area contributed by atoms with Crippen LogP contribution >= 0.6 is 0 Å². The molecule has 1 aliphatic rings. The van der Waals surface area contributed by atoms with Crippen molar-refractivity contribution in [3.05, 3.63) is 24.3 Å². The van der Waals surface area contributed by atoms with E-state index < -0.39 is 0 Å². The quantitative estimate of drug-likeness (QED) is 0.874. The highest BCUT2D eigenvalue weighted by molar-refractivity contribution is 5.08. The molecular formula is C14H22N2O. The molecule has 0 aliphatic heterocycles. The van der Waals surface area contributed by atoms with E-state index in [9.17, 15) is 5.11 Å². The van der Waals surface area contributed by atoms with Crippen LogP contribution in [0.15, 0.2) is 18.7 Å². The molecule has 2 rings (SSSR count). The van der Waals surface area contributed by atoms with Crippen LogP contribution in [0.5, 0.6) is 0 Å². The van der Waals surface area contributed by atoms with Crippen molar-refractivity contribution in [3.8, 4) is 0 Å². The van der Waals surface area contributed by atoms with Gasteiger partial charge >= 0.3 is 0 Å². The van der Waals surface area contributed by atoms with Crippen molar-refractivity contribution in [3.63, 3.8) is 0 Å². The second-order valence-electron chi connectivity index (χ2n) is 5.54. The minimum Gasteiger partial charge on any atom is -0.388 e. The highest BCUT2D eigenvalue weighted by atomic mass is 16.3. The SMILES string of the molecule is CC(C)C1CCC(C(O)c2cncnc2)CC1. The Bertz CT molecular complexity index is 331. The van der Waals surface area contributed by atoms with Gasteiger partial charge in [-0.3, -0.25) is 0 Å². The summed E-state index contributed by atoms with van der Waals surface area (Å²) in [4.78, 5) is 7.95. The van der Waals surface area contributed by atoms with E-state index in [0.717, 1.165) is 30.2 Å². The summed E-state index contributed by atoms with van der Waals surface area (Å²) in [5, 5.41) is 10.3.